The van der Waals surface area contributed by atoms with Crippen LogP contribution in [0.15, 0.2) is 75.6 Å². The molecular weight excluding hydrogens is 666 g/mol. The number of oxazole rings is 2. The molecule has 2 saturated heterocycles. The molecule has 11 heteroatoms. The second kappa shape index (κ2) is 13.4. The molecule has 0 amide bonds. The Kier molecular flexibility index (Phi) is 8.79. The molecule has 4 heterocycles. The van der Waals surface area contributed by atoms with Gasteiger partial charge in [0.2, 0.25) is 11.8 Å². The first-order chi connectivity index (χ1) is 25.0. The highest BCUT2D eigenvalue weighted by Gasteiger charge is 2.33. The molecular formula is C41H40F2N4O5. The third-order valence-electron chi connectivity index (χ3n) is 10.1. The molecule has 0 aliphatic carbocycles. The van der Waals surface area contributed by atoms with Gasteiger partial charge in [-0.15, -0.1) is 0 Å². The van der Waals surface area contributed by atoms with Crippen LogP contribution in [0.5, 0.6) is 5.75 Å². The van der Waals surface area contributed by atoms with E-state index in [0.717, 1.165) is 77.1 Å². The average Bonchev–Trinajstić information content (AvgIpc) is 3.87. The van der Waals surface area contributed by atoms with Crippen LogP contribution in [0, 0.1) is 19.3 Å². The quantitative estimate of drug-likeness (QED) is 0.140. The molecule has 4 aromatic carbocycles. The highest BCUT2D eigenvalue weighted by atomic mass is 19.3. The SMILES string of the molecule is Cc1c(-c2nc3ccc(CN4CC(C)(C)C4)cc3o2)cccc1-c1cccc(-c2nc3cc(COC(=O)[C@@H]4CCCN4)c(OC(F)F)cc3o2)c1C. The summed E-state index contributed by atoms with van der Waals surface area (Å²) >= 11 is 0. The van der Waals surface area contributed by atoms with E-state index in [-0.39, 0.29) is 23.5 Å². The molecule has 0 bridgehead atoms. The van der Waals surface area contributed by atoms with Gasteiger partial charge in [-0.3, -0.25) is 9.69 Å². The number of fused-ring (bicyclic) bond motifs is 2. The Bertz CT molecular complexity index is 2300. The first-order valence-electron chi connectivity index (χ1n) is 17.6. The fourth-order valence-corrected chi connectivity index (χ4v) is 7.60. The van der Waals surface area contributed by atoms with Crippen LogP contribution in [-0.2, 0) is 22.7 Å². The second-order valence-electron chi connectivity index (χ2n) is 14.7. The molecule has 2 aromatic heterocycles. The molecule has 2 aliphatic rings. The number of ether oxygens (including phenoxy) is 2. The second-order valence-corrected chi connectivity index (χ2v) is 14.7. The lowest BCUT2D eigenvalue weighted by molar-refractivity contribution is -0.147. The molecule has 1 atom stereocenters. The number of hydrogen-bond acceptors (Lipinski definition) is 9. The lowest BCUT2D eigenvalue weighted by atomic mass is 9.84. The zero-order chi connectivity index (χ0) is 36.1. The number of carbonyl (C=O) groups is 1. The van der Waals surface area contributed by atoms with Gasteiger partial charge < -0.3 is 23.6 Å². The number of hydrogen-bond donors (Lipinski definition) is 1. The maximum Gasteiger partial charge on any atom is 0.387 e. The number of esters is 1. The van der Waals surface area contributed by atoms with E-state index in [1.54, 1.807) is 6.07 Å². The number of alkyl halides is 2. The molecule has 9 nitrogen and oxygen atoms in total. The first-order valence-corrected chi connectivity index (χ1v) is 17.6. The van der Waals surface area contributed by atoms with Gasteiger partial charge in [0.25, 0.3) is 0 Å². The van der Waals surface area contributed by atoms with Gasteiger partial charge in [-0.25, -0.2) is 9.97 Å². The van der Waals surface area contributed by atoms with Crippen LogP contribution in [-0.4, -0.2) is 53.1 Å². The highest BCUT2D eigenvalue weighted by Crippen LogP contribution is 2.39. The zero-order valence-corrected chi connectivity index (χ0v) is 29.6. The molecule has 268 valence electrons. The van der Waals surface area contributed by atoms with Gasteiger partial charge in [0.05, 0.1) is 0 Å². The van der Waals surface area contributed by atoms with Gasteiger partial charge in [0.15, 0.2) is 11.2 Å². The fourth-order valence-electron chi connectivity index (χ4n) is 7.60. The molecule has 0 radical (unpaired) electrons. The van der Waals surface area contributed by atoms with E-state index in [9.17, 15) is 13.6 Å². The fraction of sp³-hybridized carbons (Fsp3) is 0.341. The minimum absolute atomic E-state index is 0.133. The number of carbonyl (C=O) groups excluding carboxylic acids is 1. The first kappa shape index (κ1) is 34.0. The van der Waals surface area contributed by atoms with Crippen LogP contribution >= 0.6 is 0 Å². The molecule has 0 saturated carbocycles. The monoisotopic (exact) mass is 706 g/mol. The summed E-state index contributed by atoms with van der Waals surface area (Å²) < 4.78 is 49.5. The van der Waals surface area contributed by atoms with Crippen LogP contribution in [0.1, 0.15) is 48.9 Å². The van der Waals surface area contributed by atoms with Gasteiger partial charge in [-0.2, -0.15) is 8.78 Å². The molecule has 2 fully saturated rings. The summed E-state index contributed by atoms with van der Waals surface area (Å²) in [6.07, 6.45) is 1.54. The Balaban J connectivity index is 1.08. The third-order valence-corrected chi connectivity index (χ3v) is 10.1. The van der Waals surface area contributed by atoms with E-state index in [4.69, 9.17) is 28.3 Å². The lowest BCUT2D eigenvalue weighted by Crippen LogP contribution is -2.52. The van der Waals surface area contributed by atoms with Crippen molar-refractivity contribution in [2.24, 2.45) is 5.41 Å². The normalized spacial score (nSPS) is 17.2. The molecule has 0 spiro atoms. The average molecular weight is 707 g/mol. The van der Waals surface area contributed by atoms with Crippen LogP contribution in [0.3, 0.4) is 0 Å². The van der Waals surface area contributed by atoms with Crippen LogP contribution in [0.2, 0.25) is 0 Å². The van der Waals surface area contributed by atoms with Gasteiger partial charge in [-0.05, 0) is 96.8 Å². The topological polar surface area (TPSA) is 103 Å². The van der Waals surface area contributed by atoms with E-state index in [1.165, 1.54) is 11.6 Å². The minimum atomic E-state index is -3.07. The van der Waals surface area contributed by atoms with Crippen LogP contribution < -0.4 is 10.1 Å². The smallest absolute Gasteiger partial charge is 0.387 e. The Hall–Kier alpha value is -5.13. The number of nitrogens with one attached hydrogen (secondary N) is 1. The van der Waals surface area contributed by atoms with Crippen molar-refractivity contribution >= 4 is 28.2 Å². The number of halogens is 2. The minimum Gasteiger partial charge on any atom is -0.460 e. The maximum absolute atomic E-state index is 13.4. The van der Waals surface area contributed by atoms with E-state index < -0.39 is 18.6 Å². The Morgan fingerprint density at radius 1 is 0.904 bits per heavy atom. The van der Waals surface area contributed by atoms with Crippen molar-refractivity contribution in [3.8, 4) is 39.8 Å². The van der Waals surface area contributed by atoms with E-state index in [0.29, 0.717) is 29.1 Å². The maximum atomic E-state index is 13.4. The number of rotatable bonds is 10. The van der Waals surface area contributed by atoms with E-state index >= 15 is 0 Å². The predicted octanol–water partition coefficient (Wildman–Crippen LogP) is 8.83. The molecule has 1 N–H and O–H groups in total. The summed E-state index contributed by atoms with van der Waals surface area (Å²) in [5.41, 5.74) is 9.69. The molecule has 8 rings (SSSR count). The number of aromatic nitrogens is 2. The Morgan fingerprint density at radius 3 is 2.15 bits per heavy atom. The molecule has 0 unspecified atom stereocenters. The summed E-state index contributed by atoms with van der Waals surface area (Å²) in [5, 5.41) is 3.08. The van der Waals surface area contributed by atoms with Gasteiger partial charge in [0, 0.05) is 42.4 Å². The van der Waals surface area contributed by atoms with Crippen molar-refractivity contribution in [3.05, 3.63) is 89.0 Å². The lowest BCUT2D eigenvalue weighted by Gasteiger charge is -2.46. The number of benzene rings is 4. The highest BCUT2D eigenvalue weighted by molar-refractivity contribution is 5.85. The Morgan fingerprint density at radius 2 is 1.54 bits per heavy atom. The standard InChI is InChI=1S/C41H40F2N4O5/c1-23-27(8-5-10-29(23)37-45-31-14-13-25(16-35(31)50-37)19-47-21-41(3,4)22-47)28-9-6-11-30(24(28)2)38-46-33-17-26(20-49-39(48)32-12-7-15-44-32)34(52-40(42)43)18-36(33)51-38/h5-6,8-11,13-14,16-18,32,40,44H,7,12,15,19-22H2,1-4H3/t32-/m0/s1. The van der Waals surface area contributed by atoms with Gasteiger partial charge in [0.1, 0.15) is 29.4 Å². The van der Waals surface area contributed by atoms with Crippen LogP contribution in [0.25, 0.3) is 56.2 Å². The molecule has 2 aliphatic heterocycles. The van der Waals surface area contributed by atoms with E-state index in [1.807, 2.05) is 43.3 Å². The third kappa shape index (κ3) is 6.66. The van der Waals surface area contributed by atoms with Crippen molar-refractivity contribution in [2.45, 2.75) is 66.3 Å². The molecule has 6 aromatic rings. The van der Waals surface area contributed by atoms with Gasteiger partial charge >= 0.3 is 12.6 Å². The van der Waals surface area contributed by atoms with E-state index in [2.05, 4.69) is 49.2 Å². The predicted molar refractivity (Wildman–Crippen MR) is 194 cm³/mol. The van der Waals surface area contributed by atoms with Crippen molar-refractivity contribution in [1.82, 2.24) is 20.2 Å². The van der Waals surface area contributed by atoms with Crippen molar-refractivity contribution < 1.29 is 31.9 Å². The van der Waals surface area contributed by atoms with Crippen molar-refractivity contribution in [3.63, 3.8) is 0 Å². The summed E-state index contributed by atoms with van der Waals surface area (Å²) in [7, 11) is 0. The van der Waals surface area contributed by atoms with Crippen molar-refractivity contribution in [1.29, 1.82) is 0 Å². The number of nitrogens with zero attached hydrogens (tertiary/aromatic N) is 3. The molecule has 52 heavy (non-hydrogen) atoms. The van der Waals surface area contributed by atoms with Crippen LogP contribution in [0.4, 0.5) is 8.78 Å². The summed E-state index contributed by atoms with van der Waals surface area (Å²) in [6.45, 7) is 9.12. The zero-order valence-electron chi connectivity index (χ0n) is 29.6. The summed E-state index contributed by atoms with van der Waals surface area (Å²) in [4.78, 5) is 24.5. The summed E-state index contributed by atoms with van der Waals surface area (Å²) in [6, 6.07) is 20.8. The summed E-state index contributed by atoms with van der Waals surface area (Å²) in [5.74, 6) is 0.324. The van der Waals surface area contributed by atoms with Crippen molar-refractivity contribution in [2.75, 3.05) is 19.6 Å². The number of likely N-dealkylation sites (tertiary alicyclic amines) is 1. The van der Waals surface area contributed by atoms with Gasteiger partial charge in [-0.1, -0.05) is 44.2 Å². The Labute approximate surface area is 299 Å². The largest absolute Gasteiger partial charge is 0.460 e.